The summed E-state index contributed by atoms with van der Waals surface area (Å²) in [6, 6.07) is 5.00. The van der Waals surface area contributed by atoms with Crippen molar-refractivity contribution < 1.29 is 39.8 Å². The standard InChI is InChI=1S/C30H53NO8/c1-4-6-8-10-12-14-18-38-26-17-16-23(20-27(26)39-19-15-13-11-9-7-5-2)30(37)31(3)21-24(33)28(35)29(36)25(34)22-32/h16-17,20,24-25,28-29,32-36H,4-15,18-19,21-22H2,1-3H3/t24-,25-,28+,29+/m0/s1. The second-order valence-electron chi connectivity index (χ2n) is 10.4. The van der Waals surface area contributed by atoms with Crippen LogP contribution in [0.4, 0.5) is 0 Å². The molecule has 0 aliphatic heterocycles. The van der Waals surface area contributed by atoms with Crippen LogP contribution in [0.5, 0.6) is 11.5 Å². The minimum atomic E-state index is -1.75. The Morgan fingerprint density at radius 3 is 1.77 bits per heavy atom. The molecule has 0 unspecified atom stereocenters. The lowest BCUT2D eigenvalue weighted by Gasteiger charge is -2.28. The van der Waals surface area contributed by atoms with Crippen molar-refractivity contribution in [2.24, 2.45) is 0 Å². The molecule has 9 heteroatoms. The molecule has 0 aromatic heterocycles. The molecule has 226 valence electrons. The third kappa shape index (κ3) is 13.8. The van der Waals surface area contributed by atoms with Crippen LogP contribution < -0.4 is 9.47 Å². The molecule has 0 heterocycles. The van der Waals surface area contributed by atoms with E-state index in [1.807, 2.05) is 0 Å². The predicted octanol–water partition coefficient (Wildman–Crippen LogP) is 3.67. The van der Waals surface area contributed by atoms with E-state index in [-0.39, 0.29) is 6.54 Å². The number of amides is 1. The summed E-state index contributed by atoms with van der Waals surface area (Å²) in [7, 11) is 1.47. The smallest absolute Gasteiger partial charge is 0.253 e. The molecule has 0 aliphatic rings. The quantitative estimate of drug-likeness (QED) is 0.129. The zero-order chi connectivity index (χ0) is 29.0. The summed E-state index contributed by atoms with van der Waals surface area (Å²) in [5.74, 6) is 0.673. The van der Waals surface area contributed by atoms with Gasteiger partial charge in [0.15, 0.2) is 11.5 Å². The maximum absolute atomic E-state index is 13.1. The summed E-state index contributed by atoms with van der Waals surface area (Å²) in [6.07, 6.45) is 7.12. The number of hydrogen-bond donors (Lipinski definition) is 5. The summed E-state index contributed by atoms with van der Waals surface area (Å²) in [4.78, 5) is 14.3. The molecule has 4 atom stereocenters. The van der Waals surface area contributed by atoms with Crippen molar-refractivity contribution in [2.45, 2.75) is 115 Å². The van der Waals surface area contributed by atoms with Gasteiger partial charge in [0, 0.05) is 19.2 Å². The van der Waals surface area contributed by atoms with Gasteiger partial charge in [-0.3, -0.25) is 4.79 Å². The third-order valence-corrected chi connectivity index (χ3v) is 6.83. The van der Waals surface area contributed by atoms with Gasteiger partial charge in [0.25, 0.3) is 5.91 Å². The van der Waals surface area contributed by atoms with Gasteiger partial charge in [0.1, 0.15) is 24.4 Å². The topological polar surface area (TPSA) is 140 Å². The Balaban J connectivity index is 2.80. The fourth-order valence-electron chi connectivity index (χ4n) is 4.26. The lowest BCUT2D eigenvalue weighted by molar-refractivity contribution is -0.117. The molecule has 1 amide bonds. The van der Waals surface area contributed by atoms with E-state index in [4.69, 9.17) is 14.6 Å². The first-order chi connectivity index (χ1) is 18.8. The van der Waals surface area contributed by atoms with Crippen molar-refractivity contribution >= 4 is 5.91 Å². The molecule has 0 spiro atoms. The van der Waals surface area contributed by atoms with Crippen LogP contribution >= 0.6 is 0 Å². The van der Waals surface area contributed by atoms with Gasteiger partial charge in [-0.1, -0.05) is 78.1 Å². The third-order valence-electron chi connectivity index (χ3n) is 6.83. The van der Waals surface area contributed by atoms with E-state index in [0.717, 1.165) is 25.7 Å². The molecular weight excluding hydrogens is 502 g/mol. The van der Waals surface area contributed by atoms with Crippen molar-refractivity contribution in [3.05, 3.63) is 23.8 Å². The largest absolute Gasteiger partial charge is 0.490 e. The van der Waals surface area contributed by atoms with Crippen LogP contribution in [-0.4, -0.2) is 94.2 Å². The van der Waals surface area contributed by atoms with E-state index in [1.54, 1.807) is 18.2 Å². The van der Waals surface area contributed by atoms with E-state index in [0.29, 0.717) is 30.3 Å². The average Bonchev–Trinajstić information content (AvgIpc) is 2.94. The molecule has 1 rings (SSSR count). The van der Waals surface area contributed by atoms with E-state index < -0.39 is 36.9 Å². The number of unbranched alkanes of at least 4 members (excludes halogenated alkanes) is 10. The number of carbonyl (C=O) groups excluding carboxylic acids is 1. The Morgan fingerprint density at radius 1 is 0.744 bits per heavy atom. The molecule has 0 saturated heterocycles. The molecule has 0 aliphatic carbocycles. The van der Waals surface area contributed by atoms with Crippen LogP contribution in [0.1, 0.15) is 101 Å². The molecule has 1 aromatic rings. The molecule has 9 nitrogen and oxygen atoms in total. The first-order valence-electron chi connectivity index (χ1n) is 14.7. The number of nitrogens with zero attached hydrogens (tertiary/aromatic N) is 1. The Kier molecular flexibility index (Phi) is 18.8. The fourth-order valence-corrected chi connectivity index (χ4v) is 4.26. The van der Waals surface area contributed by atoms with Crippen LogP contribution in [0.2, 0.25) is 0 Å². The lowest BCUT2D eigenvalue weighted by Crippen LogP contribution is -2.49. The van der Waals surface area contributed by atoms with E-state index in [9.17, 15) is 25.2 Å². The minimum Gasteiger partial charge on any atom is -0.490 e. The van der Waals surface area contributed by atoms with Gasteiger partial charge >= 0.3 is 0 Å². The SMILES string of the molecule is CCCCCCCCOc1ccc(C(=O)N(C)C[C@H](O)[C@@H](O)[C@H](O)[C@@H](O)CO)cc1OCCCCCCCC. The highest BCUT2D eigenvalue weighted by atomic mass is 16.5. The van der Waals surface area contributed by atoms with Gasteiger partial charge in [-0.15, -0.1) is 0 Å². The maximum atomic E-state index is 13.1. The van der Waals surface area contributed by atoms with Crippen LogP contribution in [0, 0.1) is 0 Å². The van der Waals surface area contributed by atoms with Crippen molar-refractivity contribution in [2.75, 3.05) is 33.4 Å². The van der Waals surface area contributed by atoms with Crippen LogP contribution in [-0.2, 0) is 0 Å². The summed E-state index contributed by atoms with van der Waals surface area (Å²) in [6.45, 7) is 4.41. The molecule has 5 N–H and O–H groups in total. The maximum Gasteiger partial charge on any atom is 0.253 e. The number of aliphatic hydroxyl groups excluding tert-OH is 5. The van der Waals surface area contributed by atoms with Gasteiger partial charge in [0.05, 0.1) is 19.8 Å². The summed E-state index contributed by atoms with van der Waals surface area (Å²) in [5.41, 5.74) is 0.333. The molecule has 1 aromatic carbocycles. The molecule has 0 saturated carbocycles. The Morgan fingerprint density at radius 2 is 1.23 bits per heavy atom. The number of hydrogen-bond acceptors (Lipinski definition) is 8. The first kappa shape index (κ1) is 35.1. The monoisotopic (exact) mass is 555 g/mol. The number of aliphatic hydroxyl groups is 5. The number of carbonyl (C=O) groups is 1. The van der Waals surface area contributed by atoms with Gasteiger partial charge in [-0.25, -0.2) is 0 Å². The van der Waals surface area contributed by atoms with Crippen molar-refractivity contribution in [3.63, 3.8) is 0 Å². The number of benzene rings is 1. The van der Waals surface area contributed by atoms with Crippen molar-refractivity contribution in [1.82, 2.24) is 4.90 Å². The summed E-state index contributed by atoms with van der Waals surface area (Å²) >= 11 is 0. The normalized spacial score (nSPS) is 14.5. The van der Waals surface area contributed by atoms with Crippen molar-refractivity contribution in [1.29, 1.82) is 0 Å². The molecule has 39 heavy (non-hydrogen) atoms. The fraction of sp³-hybridized carbons (Fsp3) is 0.767. The zero-order valence-electron chi connectivity index (χ0n) is 24.3. The van der Waals surface area contributed by atoms with Crippen LogP contribution in [0.15, 0.2) is 18.2 Å². The minimum absolute atomic E-state index is 0.292. The second-order valence-corrected chi connectivity index (χ2v) is 10.4. The lowest BCUT2D eigenvalue weighted by atomic mass is 10.0. The van der Waals surface area contributed by atoms with E-state index >= 15 is 0 Å². The first-order valence-corrected chi connectivity index (χ1v) is 14.7. The van der Waals surface area contributed by atoms with Gasteiger partial charge in [0.2, 0.25) is 0 Å². The van der Waals surface area contributed by atoms with Gasteiger partial charge in [-0.2, -0.15) is 0 Å². The van der Waals surface area contributed by atoms with Crippen LogP contribution in [0.25, 0.3) is 0 Å². The van der Waals surface area contributed by atoms with E-state index in [1.165, 1.54) is 63.3 Å². The number of ether oxygens (including phenoxy) is 2. The van der Waals surface area contributed by atoms with Gasteiger partial charge < -0.3 is 39.9 Å². The Hall–Kier alpha value is -1.91. The van der Waals surface area contributed by atoms with Gasteiger partial charge in [-0.05, 0) is 31.0 Å². The van der Waals surface area contributed by atoms with E-state index in [2.05, 4.69) is 13.8 Å². The predicted molar refractivity (Wildman–Crippen MR) is 152 cm³/mol. The number of rotatable bonds is 23. The van der Waals surface area contributed by atoms with Crippen molar-refractivity contribution in [3.8, 4) is 11.5 Å². The summed E-state index contributed by atoms with van der Waals surface area (Å²) in [5, 5.41) is 48.7. The Labute approximate surface area is 234 Å². The summed E-state index contributed by atoms with van der Waals surface area (Å²) < 4.78 is 12.1. The molecule has 0 fully saturated rings. The highest BCUT2D eigenvalue weighted by Gasteiger charge is 2.31. The molecular formula is C30H53NO8. The van der Waals surface area contributed by atoms with Crippen LogP contribution in [0.3, 0.4) is 0 Å². The molecule has 0 radical (unpaired) electrons. The number of likely N-dealkylation sites (N-methyl/N-ethyl adjacent to an activating group) is 1. The second kappa shape index (κ2) is 20.9. The zero-order valence-corrected chi connectivity index (χ0v) is 24.3. The average molecular weight is 556 g/mol. The Bertz CT molecular complexity index is 777. The highest BCUT2D eigenvalue weighted by Crippen LogP contribution is 2.30. The highest BCUT2D eigenvalue weighted by molar-refractivity contribution is 5.94. The molecule has 0 bridgehead atoms.